The second-order valence-electron chi connectivity index (χ2n) is 8.11. The van der Waals surface area contributed by atoms with Gasteiger partial charge in [0.2, 0.25) is 11.8 Å². The number of aromatic nitrogens is 1. The molecule has 6 heteroatoms. The number of carbonyl (C=O) groups is 2. The molecule has 0 N–H and O–H groups in total. The van der Waals surface area contributed by atoms with Crippen molar-refractivity contribution in [2.75, 3.05) is 19.6 Å². The number of carbonyl (C=O) groups excluding carboxylic acids is 2. The molecule has 1 fully saturated rings. The first kappa shape index (κ1) is 18.9. The van der Waals surface area contributed by atoms with Gasteiger partial charge in [0.05, 0.1) is 6.54 Å². The third-order valence-electron chi connectivity index (χ3n) is 6.21. The second-order valence-corrected chi connectivity index (χ2v) is 8.11. The Hall–Kier alpha value is -3.15. The largest absolute Gasteiger partial charge is 0.360 e. The number of fused-ring (bicyclic) bond motifs is 2. The molecule has 30 heavy (non-hydrogen) atoms. The van der Waals surface area contributed by atoms with Gasteiger partial charge >= 0.3 is 0 Å². The van der Waals surface area contributed by atoms with Crippen molar-refractivity contribution in [1.82, 2.24) is 15.0 Å². The van der Waals surface area contributed by atoms with E-state index in [1.807, 2.05) is 28.0 Å². The van der Waals surface area contributed by atoms with Gasteiger partial charge in [-0.25, -0.2) is 0 Å². The first-order valence-corrected chi connectivity index (χ1v) is 10.7. The lowest BCUT2D eigenvalue weighted by Crippen LogP contribution is -2.36. The highest BCUT2D eigenvalue weighted by atomic mass is 16.5. The maximum Gasteiger partial charge on any atom is 0.222 e. The Balaban J connectivity index is 1.31. The second kappa shape index (κ2) is 7.94. The average Bonchev–Trinajstić information content (AvgIpc) is 3.39. The van der Waals surface area contributed by atoms with E-state index >= 15 is 0 Å². The minimum absolute atomic E-state index is 0.136. The van der Waals surface area contributed by atoms with Gasteiger partial charge in [0, 0.05) is 50.0 Å². The lowest BCUT2D eigenvalue weighted by Gasteiger charge is -2.27. The summed E-state index contributed by atoms with van der Waals surface area (Å²) in [6, 6.07) is 14.4. The molecular weight excluding hydrogens is 378 g/mol. The zero-order valence-electron chi connectivity index (χ0n) is 17.0. The molecule has 154 valence electrons. The normalized spacial score (nSPS) is 16.3. The van der Waals surface area contributed by atoms with Crippen molar-refractivity contribution in [1.29, 1.82) is 0 Å². The molecule has 1 saturated heterocycles. The minimum atomic E-state index is 0.136. The monoisotopic (exact) mass is 403 g/mol. The summed E-state index contributed by atoms with van der Waals surface area (Å²) in [5.41, 5.74) is 2.89. The van der Waals surface area contributed by atoms with Crippen molar-refractivity contribution in [3.8, 4) is 11.3 Å². The number of nitrogens with zero attached hydrogens (tertiary/aromatic N) is 3. The number of hydrogen-bond donors (Lipinski definition) is 0. The fourth-order valence-corrected chi connectivity index (χ4v) is 4.59. The van der Waals surface area contributed by atoms with E-state index in [1.54, 1.807) is 0 Å². The summed E-state index contributed by atoms with van der Waals surface area (Å²) < 4.78 is 5.65. The summed E-state index contributed by atoms with van der Waals surface area (Å²) >= 11 is 0. The minimum Gasteiger partial charge on any atom is -0.360 e. The molecule has 5 rings (SSSR count). The van der Waals surface area contributed by atoms with Crippen molar-refractivity contribution in [3.63, 3.8) is 0 Å². The molecule has 2 aliphatic rings. The molecular formula is C24H25N3O3. The molecule has 2 aromatic carbocycles. The van der Waals surface area contributed by atoms with Crippen molar-refractivity contribution in [2.24, 2.45) is 0 Å². The van der Waals surface area contributed by atoms with Crippen LogP contribution in [0.3, 0.4) is 0 Å². The van der Waals surface area contributed by atoms with Crippen LogP contribution in [0.5, 0.6) is 0 Å². The van der Waals surface area contributed by atoms with Crippen LogP contribution < -0.4 is 0 Å². The molecule has 0 spiro atoms. The van der Waals surface area contributed by atoms with Crippen LogP contribution in [0, 0.1) is 0 Å². The highest BCUT2D eigenvalue weighted by Gasteiger charge is 2.28. The first-order chi connectivity index (χ1) is 14.7. The van der Waals surface area contributed by atoms with Gasteiger partial charge in [0.15, 0.2) is 0 Å². The summed E-state index contributed by atoms with van der Waals surface area (Å²) in [6.45, 7) is 2.69. The van der Waals surface area contributed by atoms with Gasteiger partial charge in [-0.1, -0.05) is 47.6 Å². The molecule has 0 saturated carbocycles. The van der Waals surface area contributed by atoms with Crippen molar-refractivity contribution in [3.05, 3.63) is 53.8 Å². The van der Waals surface area contributed by atoms with Gasteiger partial charge in [0.1, 0.15) is 11.5 Å². The molecule has 0 unspecified atom stereocenters. The fraction of sp³-hybridized carbons (Fsp3) is 0.375. The predicted molar refractivity (Wildman–Crippen MR) is 114 cm³/mol. The van der Waals surface area contributed by atoms with E-state index in [0.717, 1.165) is 46.3 Å². The van der Waals surface area contributed by atoms with E-state index in [1.165, 1.54) is 0 Å². The van der Waals surface area contributed by atoms with Crippen molar-refractivity contribution < 1.29 is 14.1 Å². The molecule has 0 aliphatic carbocycles. The number of amides is 2. The summed E-state index contributed by atoms with van der Waals surface area (Å²) in [5, 5.41) is 6.67. The standard InChI is InChI=1S/C24H25N3O3/c28-22-10-4-13-26(22)14-5-11-23(29)27-15-12-21-20(16-27)24(25-30-21)19-9-3-7-17-6-1-2-8-18(17)19/h1-3,6-9H,4-5,10-16H2. The molecule has 0 atom stereocenters. The van der Waals surface area contributed by atoms with Gasteiger partial charge in [-0.3, -0.25) is 9.59 Å². The topological polar surface area (TPSA) is 66.7 Å². The Bertz CT molecular complexity index is 1100. The van der Waals surface area contributed by atoms with Crippen molar-refractivity contribution >= 4 is 22.6 Å². The predicted octanol–water partition coefficient (Wildman–Crippen LogP) is 3.78. The highest BCUT2D eigenvalue weighted by Crippen LogP contribution is 2.34. The van der Waals surface area contributed by atoms with Gasteiger partial charge < -0.3 is 14.3 Å². The molecule has 0 radical (unpaired) electrons. The Kier molecular flexibility index (Phi) is 4.99. The molecule has 0 bridgehead atoms. The Morgan fingerprint density at radius 2 is 1.93 bits per heavy atom. The third kappa shape index (κ3) is 3.47. The van der Waals surface area contributed by atoms with Crippen LogP contribution in [-0.4, -0.2) is 46.4 Å². The Labute approximate surface area is 175 Å². The van der Waals surface area contributed by atoms with Gasteiger partial charge in [0.25, 0.3) is 0 Å². The molecule has 3 aromatic rings. The van der Waals surface area contributed by atoms with E-state index in [9.17, 15) is 9.59 Å². The SMILES string of the molecule is O=C1CCCN1CCCC(=O)N1CCc2onc(-c3cccc4ccccc34)c2C1. The number of rotatable bonds is 5. The zero-order chi connectivity index (χ0) is 20.5. The van der Waals surface area contributed by atoms with Crippen LogP contribution in [0.15, 0.2) is 47.0 Å². The number of benzene rings is 2. The van der Waals surface area contributed by atoms with E-state index in [4.69, 9.17) is 4.52 Å². The molecule has 1 aromatic heterocycles. The molecule has 3 heterocycles. The first-order valence-electron chi connectivity index (χ1n) is 10.7. The van der Waals surface area contributed by atoms with E-state index in [-0.39, 0.29) is 11.8 Å². The molecule has 2 aliphatic heterocycles. The lowest BCUT2D eigenvalue weighted by atomic mass is 9.97. The van der Waals surface area contributed by atoms with Crippen LogP contribution in [0.25, 0.3) is 22.0 Å². The number of hydrogen-bond acceptors (Lipinski definition) is 4. The summed E-state index contributed by atoms with van der Waals surface area (Å²) in [5.74, 6) is 1.23. The fourth-order valence-electron chi connectivity index (χ4n) is 4.59. The van der Waals surface area contributed by atoms with Gasteiger partial charge in [-0.2, -0.15) is 0 Å². The van der Waals surface area contributed by atoms with E-state index in [0.29, 0.717) is 45.3 Å². The van der Waals surface area contributed by atoms with E-state index < -0.39 is 0 Å². The zero-order valence-corrected chi connectivity index (χ0v) is 17.0. The van der Waals surface area contributed by atoms with Gasteiger partial charge in [-0.05, 0) is 23.6 Å². The smallest absolute Gasteiger partial charge is 0.222 e. The Morgan fingerprint density at radius 1 is 1.07 bits per heavy atom. The Morgan fingerprint density at radius 3 is 2.80 bits per heavy atom. The van der Waals surface area contributed by atoms with Crippen LogP contribution >= 0.6 is 0 Å². The third-order valence-corrected chi connectivity index (χ3v) is 6.21. The van der Waals surface area contributed by atoms with Crippen LogP contribution in [0.1, 0.15) is 37.0 Å². The summed E-state index contributed by atoms with van der Waals surface area (Å²) in [4.78, 5) is 28.3. The quantitative estimate of drug-likeness (QED) is 0.650. The van der Waals surface area contributed by atoms with E-state index in [2.05, 4.69) is 29.4 Å². The average molecular weight is 403 g/mol. The lowest BCUT2D eigenvalue weighted by molar-refractivity contribution is -0.133. The van der Waals surface area contributed by atoms with Crippen LogP contribution in [-0.2, 0) is 22.6 Å². The summed E-state index contributed by atoms with van der Waals surface area (Å²) in [7, 11) is 0. The molecule has 6 nitrogen and oxygen atoms in total. The maximum atomic E-state index is 12.8. The molecule has 2 amide bonds. The van der Waals surface area contributed by atoms with Crippen LogP contribution in [0.4, 0.5) is 0 Å². The highest BCUT2D eigenvalue weighted by molar-refractivity contribution is 5.96. The summed E-state index contributed by atoms with van der Waals surface area (Å²) in [6.07, 6.45) is 3.45. The van der Waals surface area contributed by atoms with Crippen molar-refractivity contribution in [2.45, 2.75) is 38.6 Å². The van der Waals surface area contributed by atoms with Gasteiger partial charge in [-0.15, -0.1) is 0 Å². The number of likely N-dealkylation sites (tertiary alicyclic amines) is 1. The maximum absolute atomic E-state index is 12.8. The van der Waals surface area contributed by atoms with Crippen LogP contribution in [0.2, 0.25) is 0 Å².